The van der Waals surface area contributed by atoms with Crippen LogP contribution in [-0.4, -0.2) is 35.2 Å². The van der Waals surface area contributed by atoms with Gasteiger partial charge in [0, 0.05) is 6.07 Å². The fourth-order valence-corrected chi connectivity index (χ4v) is 4.65. The molecule has 2 aromatic carbocycles. The van der Waals surface area contributed by atoms with Crippen molar-refractivity contribution in [1.82, 2.24) is 4.72 Å². The Hall–Kier alpha value is -2.00. The van der Waals surface area contributed by atoms with E-state index in [1.807, 2.05) is 0 Å². The third kappa shape index (κ3) is 5.99. The van der Waals surface area contributed by atoms with Crippen molar-refractivity contribution >= 4 is 39.2 Å². The first-order valence-electron chi connectivity index (χ1n) is 8.56. The van der Waals surface area contributed by atoms with Gasteiger partial charge in [0.1, 0.15) is 16.4 Å². The molecule has 158 valence electrons. The van der Waals surface area contributed by atoms with Crippen molar-refractivity contribution < 1.29 is 27.4 Å². The van der Waals surface area contributed by atoms with Gasteiger partial charge in [-0.1, -0.05) is 35.3 Å². The molecular weight excluding hydrogens is 441 g/mol. The zero-order chi connectivity index (χ0) is 21.6. The Morgan fingerprint density at radius 2 is 1.72 bits per heavy atom. The van der Waals surface area contributed by atoms with E-state index in [0.29, 0.717) is 11.3 Å². The summed E-state index contributed by atoms with van der Waals surface area (Å²) in [6, 6.07) is 8.27. The number of hydrogen-bond acceptors (Lipinski definition) is 6. The van der Waals surface area contributed by atoms with Crippen LogP contribution in [0.25, 0.3) is 0 Å². The molecule has 0 aliphatic heterocycles. The molecule has 2 aromatic rings. The smallest absolute Gasteiger partial charge is 0.307 e. The molecule has 7 nitrogen and oxygen atoms in total. The highest BCUT2D eigenvalue weighted by atomic mass is 35.5. The number of ether oxygens (including phenoxy) is 3. The van der Waals surface area contributed by atoms with Gasteiger partial charge in [-0.05, 0) is 30.7 Å². The second-order valence-electron chi connectivity index (χ2n) is 5.87. The molecular formula is C19H21Cl2NO6S. The Kier molecular flexibility index (Phi) is 8.15. The maximum atomic E-state index is 13.0. The van der Waals surface area contributed by atoms with Gasteiger partial charge in [-0.15, -0.1) is 0 Å². The number of methoxy groups -OCH3 is 2. The van der Waals surface area contributed by atoms with Gasteiger partial charge < -0.3 is 14.2 Å². The molecule has 1 N–H and O–H groups in total. The third-order valence-corrected chi connectivity index (χ3v) is 6.22. The molecule has 0 amide bonds. The van der Waals surface area contributed by atoms with Crippen LogP contribution in [-0.2, 0) is 19.6 Å². The van der Waals surface area contributed by atoms with Crippen LogP contribution < -0.4 is 14.2 Å². The number of esters is 1. The van der Waals surface area contributed by atoms with Crippen molar-refractivity contribution in [2.24, 2.45) is 0 Å². The zero-order valence-electron chi connectivity index (χ0n) is 16.1. The van der Waals surface area contributed by atoms with Crippen LogP contribution in [0.2, 0.25) is 10.0 Å². The van der Waals surface area contributed by atoms with E-state index in [-0.39, 0.29) is 33.7 Å². The van der Waals surface area contributed by atoms with E-state index in [2.05, 4.69) is 4.72 Å². The maximum Gasteiger partial charge on any atom is 0.307 e. The molecule has 0 unspecified atom stereocenters. The Morgan fingerprint density at radius 3 is 2.28 bits per heavy atom. The predicted molar refractivity (Wildman–Crippen MR) is 110 cm³/mol. The van der Waals surface area contributed by atoms with Crippen molar-refractivity contribution in [3.8, 4) is 11.5 Å². The van der Waals surface area contributed by atoms with Crippen LogP contribution in [0.3, 0.4) is 0 Å². The lowest BCUT2D eigenvalue weighted by molar-refractivity contribution is -0.143. The number of carbonyl (C=O) groups excluding carboxylic acids is 1. The zero-order valence-corrected chi connectivity index (χ0v) is 18.4. The van der Waals surface area contributed by atoms with Gasteiger partial charge in [-0.2, -0.15) is 0 Å². The van der Waals surface area contributed by atoms with Gasteiger partial charge in [0.15, 0.2) is 0 Å². The first kappa shape index (κ1) is 23.3. The van der Waals surface area contributed by atoms with E-state index < -0.39 is 22.0 Å². The van der Waals surface area contributed by atoms with Gasteiger partial charge in [0.25, 0.3) is 0 Å². The van der Waals surface area contributed by atoms with Crippen molar-refractivity contribution in [1.29, 1.82) is 0 Å². The summed E-state index contributed by atoms with van der Waals surface area (Å²) < 4.78 is 43.6. The summed E-state index contributed by atoms with van der Waals surface area (Å²) in [6.45, 7) is 1.85. The monoisotopic (exact) mass is 461 g/mol. The Balaban J connectivity index is 2.40. The quantitative estimate of drug-likeness (QED) is 0.567. The summed E-state index contributed by atoms with van der Waals surface area (Å²) in [5.74, 6) is 0.292. The second-order valence-corrected chi connectivity index (χ2v) is 8.37. The van der Waals surface area contributed by atoms with Crippen LogP contribution in [0, 0.1) is 0 Å². The van der Waals surface area contributed by atoms with Gasteiger partial charge in [0.05, 0.1) is 43.3 Å². The van der Waals surface area contributed by atoms with Crippen LogP contribution in [0.1, 0.15) is 24.9 Å². The molecule has 0 saturated carbocycles. The number of rotatable bonds is 9. The molecule has 2 rings (SSSR count). The highest BCUT2D eigenvalue weighted by Crippen LogP contribution is 2.34. The average molecular weight is 462 g/mol. The normalized spacial score (nSPS) is 12.3. The van der Waals surface area contributed by atoms with Crippen LogP contribution in [0.4, 0.5) is 0 Å². The van der Waals surface area contributed by atoms with Gasteiger partial charge >= 0.3 is 5.97 Å². The fourth-order valence-electron chi connectivity index (χ4n) is 2.57. The Bertz CT molecular complexity index is 963. The highest BCUT2D eigenvalue weighted by molar-refractivity contribution is 7.89. The Morgan fingerprint density at radius 1 is 1.07 bits per heavy atom. The van der Waals surface area contributed by atoms with Crippen molar-refractivity contribution in [3.05, 3.63) is 52.0 Å². The first-order chi connectivity index (χ1) is 13.7. The fraction of sp³-hybridized carbons (Fsp3) is 0.316. The van der Waals surface area contributed by atoms with Crippen molar-refractivity contribution in [2.75, 3.05) is 20.8 Å². The topological polar surface area (TPSA) is 90.9 Å². The SMILES string of the molecule is CCOC(=O)C[C@@H](NS(=O)(=O)c1cc(Cl)c(OC)cc1Cl)c1ccc(OC)cc1. The van der Waals surface area contributed by atoms with Crippen LogP contribution >= 0.6 is 23.2 Å². The summed E-state index contributed by atoms with van der Waals surface area (Å²) in [5.41, 5.74) is 0.554. The van der Waals surface area contributed by atoms with Gasteiger partial charge in [-0.25, -0.2) is 13.1 Å². The molecule has 10 heteroatoms. The van der Waals surface area contributed by atoms with E-state index >= 15 is 0 Å². The van der Waals surface area contributed by atoms with E-state index in [4.69, 9.17) is 37.4 Å². The second kappa shape index (κ2) is 10.2. The Labute approximate surface area is 179 Å². The molecule has 0 radical (unpaired) electrons. The third-order valence-electron chi connectivity index (χ3n) is 3.99. The van der Waals surface area contributed by atoms with Crippen molar-refractivity contribution in [2.45, 2.75) is 24.3 Å². The number of nitrogens with one attached hydrogen (secondary N) is 1. The minimum Gasteiger partial charge on any atom is -0.497 e. The summed E-state index contributed by atoms with van der Waals surface area (Å²) in [4.78, 5) is 11.8. The van der Waals surface area contributed by atoms with Gasteiger partial charge in [0.2, 0.25) is 10.0 Å². The summed E-state index contributed by atoms with van der Waals surface area (Å²) in [6.07, 6.45) is -0.207. The van der Waals surface area contributed by atoms with Crippen LogP contribution in [0.5, 0.6) is 11.5 Å². The lowest BCUT2D eigenvalue weighted by Gasteiger charge is -2.20. The average Bonchev–Trinajstić information content (AvgIpc) is 2.68. The molecule has 0 fully saturated rings. The largest absolute Gasteiger partial charge is 0.497 e. The lowest BCUT2D eigenvalue weighted by Crippen LogP contribution is -2.31. The summed E-state index contributed by atoms with van der Waals surface area (Å²) in [7, 11) is -1.21. The predicted octanol–water partition coefficient (Wildman–Crippen LogP) is 3.98. The molecule has 1 atom stereocenters. The molecule has 0 aliphatic carbocycles. The maximum absolute atomic E-state index is 13.0. The number of hydrogen-bond donors (Lipinski definition) is 1. The summed E-state index contributed by atoms with van der Waals surface area (Å²) in [5, 5.41) is 0.0204. The molecule has 0 spiro atoms. The molecule has 29 heavy (non-hydrogen) atoms. The first-order valence-corrected chi connectivity index (χ1v) is 10.8. The van der Waals surface area contributed by atoms with Gasteiger partial charge in [-0.3, -0.25) is 4.79 Å². The van der Waals surface area contributed by atoms with Crippen LogP contribution in [0.15, 0.2) is 41.3 Å². The minimum atomic E-state index is -4.12. The number of carbonyl (C=O) groups is 1. The highest BCUT2D eigenvalue weighted by Gasteiger charge is 2.27. The van der Waals surface area contributed by atoms with E-state index in [9.17, 15) is 13.2 Å². The number of benzene rings is 2. The van der Waals surface area contributed by atoms with E-state index in [0.717, 1.165) is 0 Å². The molecule has 0 aliphatic rings. The van der Waals surface area contributed by atoms with E-state index in [1.54, 1.807) is 31.2 Å². The molecule has 0 heterocycles. The minimum absolute atomic E-state index is 0.0663. The number of sulfonamides is 1. The molecule has 0 aromatic heterocycles. The summed E-state index contributed by atoms with van der Waals surface area (Å²) >= 11 is 12.2. The molecule has 0 saturated heterocycles. The molecule has 0 bridgehead atoms. The lowest BCUT2D eigenvalue weighted by atomic mass is 10.0. The van der Waals surface area contributed by atoms with Crippen molar-refractivity contribution in [3.63, 3.8) is 0 Å². The standard InChI is InChI=1S/C19H21Cl2NO6S/c1-4-28-19(23)11-16(12-5-7-13(26-2)8-6-12)22-29(24,25)18-10-14(20)17(27-3)9-15(18)21/h5-10,16,22H,4,11H2,1-3H3/t16-/m1/s1. The number of halogens is 2. The van der Waals surface area contributed by atoms with E-state index in [1.165, 1.54) is 26.4 Å².